The van der Waals surface area contributed by atoms with E-state index in [-0.39, 0.29) is 37.5 Å². The molecule has 0 amide bonds. The van der Waals surface area contributed by atoms with Gasteiger partial charge < -0.3 is 4.74 Å². The van der Waals surface area contributed by atoms with Crippen molar-refractivity contribution >= 4 is 5.52 Å². The highest BCUT2D eigenvalue weighted by Crippen LogP contribution is 2.37. The van der Waals surface area contributed by atoms with Crippen LogP contribution < -0.4 is 5.69 Å². The lowest BCUT2D eigenvalue weighted by molar-refractivity contribution is -0.136. The molecule has 8 nitrogen and oxygen atoms in total. The van der Waals surface area contributed by atoms with Crippen molar-refractivity contribution in [1.29, 1.82) is 0 Å². The average molecular weight is 581 g/mol. The van der Waals surface area contributed by atoms with Gasteiger partial charge in [-0.25, -0.2) is 9.18 Å². The van der Waals surface area contributed by atoms with Crippen LogP contribution in [0.15, 0.2) is 53.8 Å². The molecule has 3 aromatic heterocycles. The number of hydrogen-bond acceptors (Lipinski definition) is 5. The molecule has 2 aliphatic rings. The lowest BCUT2D eigenvalue weighted by Gasteiger charge is -2.42. The fourth-order valence-electron chi connectivity index (χ4n) is 5.63. The number of ether oxygens (including phenoxy) is 1. The fraction of sp³-hybridized carbons (Fsp3) is 0.444. The number of imidazole rings is 1. The highest BCUT2D eigenvalue weighted by atomic mass is 19.4. The summed E-state index contributed by atoms with van der Waals surface area (Å²) in [5.74, 6) is 0.0681. The second-order valence-electron chi connectivity index (χ2n) is 10.7. The van der Waals surface area contributed by atoms with Crippen LogP contribution in [-0.4, -0.2) is 61.1 Å². The molecule has 2 aliphatic heterocycles. The zero-order valence-electron chi connectivity index (χ0n) is 21.7. The summed E-state index contributed by atoms with van der Waals surface area (Å²) in [5, 5.41) is 7.42. The molecule has 0 N–H and O–H groups in total. The number of alkyl halides is 6. The summed E-state index contributed by atoms with van der Waals surface area (Å²) in [5.41, 5.74) is -1.38. The van der Waals surface area contributed by atoms with Gasteiger partial charge in [0.1, 0.15) is 18.3 Å². The summed E-state index contributed by atoms with van der Waals surface area (Å²) in [6.07, 6.45) is -1.42. The number of halogens is 6. The summed E-state index contributed by atoms with van der Waals surface area (Å²) in [7, 11) is 0. The van der Waals surface area contributed by atoms with Gasteiger partial charge in [0.2, 0.25) is 0 Å². The maximum Gasteiger partial charge on any atom is 0.418 e. The molecule has 0 aliphatic carbocycles. The number of piperidine rings is 1. The summed E-state index contributed by atoms with van der Waals surface area (Å²) in [6.45, 7) is -1.41. The van der Waals surface area contributed by atoms with Crippen molar-refractivity contribution < 1.29 is 31.1 Å². The molecule has 0 radical (unpaired) electrons. The van der Waals surface area contributed by atoms with Crippen molar-refractivity contribution in [2.45, 2.75) is 50.1 Å². The van der Waals surface area contributed by atoms with Gasteiger partial charge in [0.15, 0.2) is 0 Å². The third-order valence-corrected chi connectivity index (χ3v) is 7.90. The van der Waals surface area contributed by atoms with E-state index in [0.717, 1.165) is 27.6 Å². The van der Waals surface area contributed by atoms with E-state index in [1.54, 1.807) is 24.3 Å². The minimum absolute atomic E-state index is 0.0681. The summed E-state index contributed by atoms with van der Waals surface area (Å²) >= 11 is 0. The Balaban J connectivity index is 1.38. The first-order chi connectivity index (χ1) is 19.5. The molecule has 0 unspecified atom stereocenters. The van der Waals surface area contributed by atoms with Crippen molar-refractivity contribution in [3.05, 3.63) is 82.1 Å². The first-order valence-corrected chi connectivity index (χ1v) is 13.1. The maximum atomic E-state index is 14.1. The van der Waals surface area contributed by atoms with E-state index in [0.29, 0.717) is 47.3 Å². The Bertz CT molecular complexity index is 1610. The van der Waals surface area contributed by atoms with E-state index < -0.39 is 35.6 Å². The van der Waals surface area contributed by atoms with Gasteiger partial charge in [-0.1, -0.05) is 12.1 Å². The van der Waals surface area contributed by atoms with Crippen molar-refractivity contribution in [3.63, 3.8) is 0 Å². The number of pyridine rings is 1. The molecule has 0 bridgehead atoms. The molecule has 0 spiro atoms. The van der Waals surface area contributed by atoms with Crippen molar-refractivity contribution in [2.24, 2.45) is 0 Å². The van der Waals surface area contributed by atoms with Gasteiger partial charge in [-0.2, -0.15) is 22.0 Å². The minimum atomic E-state index is -4.72. The molecule has 5 heterocycles. The first kappa shape index (κ1) is 27.5. The Morgan fingerprint density at radius 1 is 1.10 bits per heavy atom. The number of aromatic nitrogens is 5. The quantitative estimate of drug-likeness (QED) is 0.301. The number of benzene rings is 1. The van der Waals surface area contributed by atoms with Crippen LogP contribution in [0.25, 0.3) is 11.2 Å². The van der Waals surface area contributed by atoms with E-state index >= 15 is 0 Å². The van der Waals surface area contributed by atoms with Gasteiger partial charge in [0.05, 0.1) is 30.0 Å². The number of fused-ring (bicyclic) bond motifs is 1. The molecule has 218 valence electrons. The Kier molecular flexibility index (Phi) is 6.92. The third-order valence-electron chi connectivity index (χ3n) is 7.90. The topological polar surface area (TPSA) is 69.6 Å². The SMILES string of the molecule is O=c1n(-c2cccc(C3(Cc4nncn4C(F)F)COC3)c2)cc2c(C(F)(F)F)cc(CN3CCC(F)CC3)cn12. The van der Waals surface area contributed by atoms with Crippen molar-refractivity contribution in [1.82, 2.24) is 28.6 Å². The molecule has 2 saturated heterocycles. The zero-order chi connectivity index (χ0) is 28.9. The molecular formula is C27H26F6N6O2. The Morgan fingerprint density at radius 3 is 2.51 bits per heavy atom. The van der Waals surface area contributed by atoms with Gasteiger partial charge in [0.25, 0.3) is 0 Å². The van der Waals surface area contributed by atoms with E-state index in [4.69, 9.17) is 4.74 Å². The Morgan fingerprint density at radius 2 is 1.85 bits per heavy atom. The smallest absolute Gasteiger partial charge is 0.379 e. The monoisotopic (exact) mass is 580 g/mol. The molecule has 0 saturated carbocycles. The number of rotatable bonds is 7. The molecule has 1 aromatic carbocycles. The van der Waals surface area contributed by atoms with Gasteiger partial charge in [0, 0.05) is 43.9 Å². The maximum absolute atomic E-state index is 14.1. The van der Waals surface area contributed by atoms with Crippen LogP contribution >= 0.6 is 0 Å². The van der Waals surface area contributed by atoms with E-state index in [2.05, 4.69) is 10.2 Å². The van der Waals surface area contributed by atoms with E-state index in [1.807, 2.05) is 4.90 Å². The van der Waals surface area contributed by atoms with E-state index in [9.17, 15) is 31.1 Å². The molecule has 6 rings (SSSR count). The normalized spacial score (nSPS) is 18.3. The average Bonchev–Trinajstić information content (AvgIpc) is 3.51. The van der Waals surface area contributed by atoms with Crippen molar-refractivity contribution in [3.8, 4) is 5.69 Å². The number of nitrogens with zero attached hydrogens (tertiary/aromatic N) is 6. The fourth-order valence-corrected chi connectivity index (χ4v) is 5.63. The predicted molar refractivity (Wildman–Crippen MR) is 135 cm³/mol. The van der Waals surface area contributed by atoms with Gasteiger partial charge in [-0.15, -0.1) is 10.2 Å². The lowest BCUT2D eigenvalue weighted by Crippen LogP contribution is -2.49. The van der Waals surface area contributed by atoms with Crippen LogP contribution in [0.3, 0.4) is 0 Å². The van der Waals surface area contributed by atoms with Crippen LogP contribution in [-0.2, 0) is 29.3 Å². The minimum Gasteiger partial charge on any atom is -0.379 e. The largest absolute Gasteiger partial charge is 0.418 e. The molecule has 4 aromatic rings. The lowest BCUT2D eigenvalue weighted by atomic mass is 9.75. The Hall–Kier alpha value is -3.65. The molecule has 41 heavy (non-hydrogen) atoms. The summed E-state index contributed by atoms with van der Waals surface area (Å²) in [6, 6.07) is 7.70. The van der Waals surface area contributed by atoms with Crippen molar-refractivity contribution in [2.75, 3.05) is 26.3 Å². The highest BCUT2D eigenvalue weighted by Gasteiger charge is 2.42. The van der Waals surface area contributed by atoms with Gasteiger partial charge in [-0.3, -0.25) is 18.4 Å². The molecular weight excluding hydrogens is 554 g/mol. The summed E-state index contributed by atoms with van der Waals surface area (Å²) < 4.78 is 91.0. The third kappa shape index (κ3) is 5.14. The molecule has 14 heteroatoms. The van der Waals surface area contributed by atoms with Gasteiger partial charge >= 0.3 is 18.4 Å². The van der Waals surface area contributed by atoms with Gasteiger partial charge in [-0.05, 0) is 42.2 Å². The van der Waals surface area contributed by atoms with Crippen LogP contribution in [0.2, 0.25) is 0 Å². The first-order valence-electron chi connectivity index (χ1n) is 13.1. The number of likely N-dealkylation sites (tertiary alicyclic amines) is 1. The van der Waals surface area contributed by atoms with Crippen LogP contribution in [0.1, 0.15) is 41.9 Å². The van der Waals surface area contributed by atoms with Crippen LogP contribution in [0.5, 0.6) is 0 Å². The second kappa shape index (κ2) is 10.3. The molecule has 2 fully saturated rings. The second-order valence-corrected chi connectivity index (χ2v) is 10.7. The Labute approximate surface area is 229 Å². The highest BCUT2D eigenvalue weighted by molar-refractivity contribution is 5.58. The zero-order valence-corrected chi connectivity index (χ0v) is 21.7. The summed E-state index contributed by atoms with van der Waals surface area (Å²) in [4.78, 5) is 15.4. The van der Waals surface area contributed by atoms with Crippen LogP contribution in [0, 0.1) is 0 Å². The van der Waals surface area contributed by atoms with Crippen LogP contribution in [0.4, 0.5) is 26.3 Å². The molecule has 0 atom stereocenters. The predicted octanol–water partition coefficient (Wildman–Crippen LogP) is 4.54. The van der Waals surface area contributed by atoms with E-state index in [1.165, 1.54) is 6.20 Å². The number of hydrogen-bond donors (Lipinski definition) is 0. The standard InChI is InChI=1S/C27H26F6N6O2/c28-19-4-6-36(7-5-19)11-17-8-21(27(31,32)33)22-13-37(25(40)38(22)12-17)20-3-1-2-18(9-20)26(14-41-15-26)10-23-35-34-16-39(23)24(29)30/h1-3,8-9,12-13,16,19,24H,4-7,10-11,14-15H2.